The SMILES string of the molecule is O=[N+]([O-])c1ccc(CO)cc1NC1CCN(c2ncccc2F)C1. The lowest BCUT2D eigenvalue weighted by Gasteiger charge is -2.19. The number of hydrogen-bond donors (Lipinski definition) is 2. The highest BCUT2D eigenvalue weighted by molar-refractivity contribution is 5.63. The Morgan fingerprint density at radius 2 is 2.29 bits per heavy atom. The summed E-state index contributed by atoms with van der Waals surface area (Å²) in [7, 11) is 0. The number of pyridine rings is 1. The van der Waals surface area contributed by atoms with E-state index in [1.165, 1.54) is 30.5 Å². The normalized spacial score (nSPS) is 17.1. The van der Waals surface area contributed by atoms with Crippen molar-refractivity contribution in [3.63, 3.8) is 0 Å². The van der Waals surface area contributed by atoms with Gasteiger partial charge in [-0.25, -0.2) is 9.37 Å². The Labute approximate surface area is 137 Å². The van der Waals surface area contributed by atoms with Crippen LogP contribution < -0.4 is 10.2 Å². The van der Waals surface area contributed by atoms with E-state index < -0.39 is 4.92 Å². The minimum atomic E-state index is -0.464. The lowest BCUT2D eigenvalue weighted by molar-refractivity contribution is -0.384. The maximum absolute atomic E-state index is 13.8. The van der Waals surface area contributed by atoms with Crippen LogP contribution in [-0.4, -0.2) is 34.1 Å². The fourth-order valence-corrected chi connectivity index (χ4v) is 2.86. The van der Waals surface area contributed by atoms with Gasteiger partial charge < -0.3 is 15.3 Å². The highest BCUT2D eigenvalue weighted by atomic mass is 19.1. The Bertz CT molecular complexity index is 756. The number of nitrogens with one attached hydrogen (secondary N) is 1. The van der Waals surface area contributed by atoms with E-state index in [-0.39, 0.29) is 24.2 Å². The Morgan fingerprint density at radius 3 is 3.00 bits per heavy atom. The van der Waals surface area contributed by atoms with E-state index >= 15 is 0 Å². The number of aliphatic hydroxyl groups is 1. The van der Waals surface area contributed by atoms with Gasteiger partial charge in [0.25, 0.3) is 5.69 Å². The zero-order valence-electron chi connectivity index (χ0n) is 12.9. The maximum atomic E-state index is 13.8. The van der Waals surface area contributed by atoms with E-state index in [2.05, 4.69) is 10.3 Å². The molecule has 1 fully saturated rings. The van der Waals surface area contributed by atoms with Crippen LogP contribution in [-0.2, 0) is 6.61 Å². The predicted molar refractivity (Wildman–Crippen MR) is 87.5 cm³/mol. The third kappa shape index (κ3) is 3.28. The van der Waals surface area contributed by atoms with Crippen molar-refractivity contribution in [1.29, 1.82) is 0 Å². The molecular weight excluding hydrogens is 315 g/mol. The van der Waals surface area contributed by atoms with Gasteiger partial charge in [0.05, 0.1) is 11.5 Å². The largest absolute Gasteiger partial charge is 0.392 e. The van der Waals surface area contributed by atoms with Crippen LogP contribution in [0.3, 0.4) is 0 Å². The molecule has 1 saturated heterocycles. The van der Waals surface area contributed by atoms with Crippen LogP contribution in [0.5, 0.6) is 0 Å². The smallest absolute Gasteiger partial charge is 0.292 e. The highest BCUT2D eigenvalue weighted by Gasteiger charge is 2.27. The number of nitrogens with zero attached hydrogens (tertiary/aromatic N) is 3. The fraction of sp³-hybridized carbons (Fsp3) is 0.312. The number of halogens is 1. The number of benzene rings is 1. The van der Waals surface area contributed by atoms with Gasteiger partial charge in [0.2, 0.25) is 0 Å². The molecule has 0 saturated carbocycles. The molecule has 1 atom stereocenters. The molecule has 1 unspecified atom stereocenters. The third-order valence-corrected chi connectivity index (χ3v) is 4.03. The first-order valence-electron chi connectivity index (χ1n) is 7.58. The molecule has 7 nitrogen and oxygen atoms in total. The van der Waals surface area contributed by atoms with Gasteiger partial charge >= 0.3 is 0 Å². The van der Waals surface area contributed by atoms with Crippen LogP contribution in [0, 0.1) is 15.9 Å². The van der Waals surface area contributed by atoms with Crippen LogP contribution in [0.4, 0.5) is 21.6 Å². The number of aromatic nitrogens is 1. The fourth-order valence-electron chi connectivity index (χ4n) is 2.86. The lowest BCUT2D eigenvalue weighted by atomic mass is 10.1. The summed E-state index contributed by atoms with van der Waals surface area (Å²) < 4.78 is 13.8. The molecule has 2 heterocycles. The molecule has 2 N–H and O–H groups in total. The van der Waals surface area contributed by atoms with Crippen molar-refractivity contribution in [2.24, 2.45) is 0 Å². The van der Waals surface area contributed by atoms with E-state index in [1.54, 1.807) is 6.07 Å². The standard InChI is InChI=1S/C16H17FN4O3/c17-13-2-1-6-18-16(13)20-7-5-12(9-20)19-14-8-11(10-22)3-4-15(14)21(23)24/h1-4,6,8,12,19,22H,5,7,9-10H2. The van der Waals surface area contributed by atoms with E-state index in [1.807, 2.05) is 4.90 Å². The number of anilines is 2. The molecule has 126 valence electrons. The van der Waals surface area contributed by atoms with Gasteiger partial charge in [0, 0.05) is 31.4 Å². The summed E-state index contributed by atoms with van der Waals surface area (Å²) in [5, 5.41) is 23.5. The Morgan fingerprint density at radius 1 is 1.46 bits per heavy atom. The van der Waals surface area contributed by atoms with Gasteiger partial charge in [-0.2, -0.15) is 0 Å². The summed E-state index contributed by atoms with van der Waals surface area (Å²) in [6, 6.07) is 7.29. The van der Waals surface area contributed by atoms with E-state index in [4.69, 9.17) is 0 Å². The van der Waals surface area contributed by atoms with Crippen molar-refractivity contribution < 1.29 is 14.4 Å². The van der Waals surface area contributed by atoms with Crippen LogP contribution in [0.2, 0.25) is 0 Å². The molecule has 0 bridgehead atoms. The quantitative estimate of drug-likeness (QED) is 0.645. The molecule has 0 aliphatic carbocycles. The molecule has 0 spiro atoms. The molecule has 0 amide bonds. The number of nitro groups is 1. The third-order valence-electron chi connectivity index (χ3n) is 4.03. The Balaban J connectivity index is 1.76. The van der Waals surface area contributed by atoms with E-state index in [0.717, 1.165) is 0 Å². The molecule has 3 rings (SSSR count). The molecule has 1 aromatic carbocycles. The maximum Gasteiger partial charge on any atom is 0.292 e. The summed E-state index contributed by atoms with van der Waals surface area (Å²) in [4.78, 5) is 16.6. The number of nitro benzene ring substituents is 1. The summed E-state index contributed by atoms with van der Waals surface area (Å²) in [5.74, 6) is -0.0909. The topological polar surface area (TPSA) is 91.5 Å². The summed E-state index contributed by atoms with van der Waals surface area (Å²) in [5.41, 5.74) is 0.906. The molecule has 0 radical (unpaired) electrons. The average Bonchev–Trinajstić information content (AvgIpc) is 3.03. The van der Waals surface area contributed by atoms with Gasteiger partial charge in [-0.05, 0) is 36.2 Å². The Hall–Kier alpha value is -2.74. The second-order valence-electron chi connectivity index (χ2n) is 5.65. The second kappa shape index (κ2) is 6.79. The summed E-state index contributed by atoms with van der Waals surface area (Å²) in [6.07, 6.45) is 2.24. The molecule has 1 aliphatic heterocycles. The van der Waals surface area contributed by atoms with Crippen molar-refractivity contribution in [1.82, 2.24) is 4.98 Å². The van der Waals surface area contributed by atoms with Crippen LogP contribution in [0.15, 0.2) is 36.5 Å². The van der Waals surface area contributed by atoms with Gasteiger partial charge in [-0.1, -0.05) is 0 Å². The van der Waals surface area contributed by atoms with Crippen molar-refractivity contribution in [3.05, 3.63) is 58.0 Å². The predicted octanol–water partition coefficient (Wildman–Crippen LogP) is 2.31. The molecule has 8 heteroatoms. The number of rotatable bonds is 5. The lowest BCUT2D eigenvalue weighted by Crippen LogP contribution is -2.27. The van der Waals surface area contributed by atoms with Crippen molar-refractivity contribution in [2.45, 2.75) is 19.1 Å². The van der Waals surface area contributed by atoms with Crippen LogP contribution in [0.1, 0.15) is 12.0 Å². The monoisotopic (exact) mass is 332 g/mol. The first-order chi connectivity index (χ1) is 11.6. The molecule has 1 aromatic heterocycles. The zero-order valence-corrected chi connectivity index (χ0v) is 12.9. The van der Waals surface area contributed by atoms with Crippen LogP contribution >= 0.6 is 0 Å². The molecule has 1 aliphatic rings. The summed E-state index contributed by atoms with van der Waals surface area (Å²) in [6.45, 7) is 0.913. The van der Waals surface area contributed by atoms with Crippen LogP contribution in [0.25, 0.3) is 0 Å². The zero-order chi connectivity index (χ0) is 17.1. The number of aliphatic hydroxyl groups excluding tert-OH is 1. The van der Waals surface area contributed by atoms with Crippen molar-refractivity contribution in [2.75, 3.05) is 23.3 Å². The minimum absolute atomic E-state index is 0.0466. The van der Waals surface area contributed by atoms with Gasteiger partial charge in [-0.15, -0.1) is 0 Å². The van der Waals surface area contributed by atoms with Gasteiger partial charge in [0.1, 0.15) is 5.69 Å². The van der Waals surface area contributed by atoms with Crippen molar-refractivity contribution >= 4 is 17.2 Å². The van der Waals surface area contributed by atoms with E-state index in [9.17, 15) is 19.6 Å². The second-order valence-corrected chi connectivity index (χ2v) is 5.65. The first-order valence-corrected chi connectivity index (χ1v) is 7.58. The highest BCUT2D eigenvalue weighted by Crippen LogP contribution is 2.29. The van der Waals surface area contributed by atoms with E-state index in [0.29, 0.717) is 36.6 Å². The molecular formula is C16H17FN4O3. The molecule has 24 heavy (non-hydrogen) atoms. The average molecular weight is 332 g/mol. The number of hydrogen-bond acceptors (Lipinski definition) is 6. The Kier molecular flexibility index (Phi) is 4.57. The molecule has 2 aromatic rings. The summed E-state index contributed by atoms with van der Waals surface area (Å²) >= 11 is 0. The van der Waals surface area contributed by atoms with Gasteiger partial charge in [0.15, 0.2) is 11.6 Å². The van der Waals surface area contributed by atoms with Crippen molar-refractivity contribution in [3.8, 4) is 0 Å². The minimum Gasteiger partial charge on any atom is -0.392 e. The first kappa shape index (κ1) is 16.1. The van der Waals surface area contributed by atoms with Gasteiger partial charge in [-0.3, -0.25) is 10.1 Å².